The maximum atomic E-state index is 6.02. The normalized spacial score (nSPS) is 18.2. The second-order valence-electron chi connectivity index (χ2n) is 6.27. The summed E-state index contributed by atoms with van der Waals surface area (Å²) in [5, 5.41) is 3.18. The summed E-state index contributed by atoms with van der Waals surface area (Å²) in [4.78, 5) is 7.11. The van der Waals surface area contributed by atoms with Crippen LogP contribution in [0.2, 0.25) is 0 Å². The van der Waals surface area contributed by atoms with Crippen LogP contribution in [-0.4, -0.2) is 36.5 Å². The maximum absolute atomic E-state index is 6.02. The van der Waals surface area contributed by atoms with Gasteiger partial charge in [-0.1, -0.05) is 26.0 Å². The lowest BCUT2D eigenvalue weighted by Gasteiger charge is -2.29. The largest absolute Gasteiger partial charge is 0.370 e. The molecule has 1 fully saturated rings. The van der Waals surface area contributed by atoms with E-state index in [2.05, 4.69) is 48.1 Å². The highest BCUT2D eigenvalue weighted by atomic mass is 15.2. The van der Waals surface area contributed by atoms with Crippen LogP contribution >= 0.6 is 0 Å². The van der Waals surface area contributed by atoms with Crippen molar-refractivity contribution in [3.63, 3.8) is 0 Å². The minimum Gasteiger partial charge on any atom is -0.370 e. The lowest BCUT2D eigenvalue weighted by molar-refractivity contribution is 0.198. The van der Waals surface area contributed by atoms with Crippen LogP contribution in [0.1, 0.15) is 32.3 Å². The molecule has 0 aromatic heterocycles. The molecule has 21 heavy (non-hydrogen) atoms. The van der Waals surface area contributed by atoms with Gasteiger partial charge in [0, 0.05) is 11.7 Å². The minimum absolute atomic E-state index is 0.491. The third-order valence-corrected chi connectivity index (χ3v) is 4.12. The first-order valence-electron chi connectivity index (χ1n) is 7.94. The van der Waals surface area contributed by atoms with Gasteiger partial charge in [0.25, 0.3) is 0 Å². The lowest BCUT2D eigenvalue weighted by atomic mass is 10.0. The molecule has 1 aromatic rings. The molecule has 1 atom stereocenters. The van der Waals surface area contributed by atoms with Crippen LogP contribution in [-0.2, 0) is 0 Å². The first-order chi connectivity index (χ1) is 10.1. The SMILES string of the molecule is Cc1cccc(NC(N)=NCC(C(C)C)N2CCCC2)c1. The number of aryl methyl sites for hydroxylation is 1. The molecule has 116 valence electrons. The van der Waals surface area contributed by atoms with Gasteiger partial charge in [0.1, 0.15) is 0 Å². The number of hydrogen-bond donors (Lipinski definition) is 2. The highest BCUT2D eigenvalue weighted by molar-refractivity contribution is 5.92. The van der Waals surface area contributed by atoms with E-state index < -0.39 is 0 Å². The molecule has 2 rings (SSSR count). The molecule has 1 aliphatic rings. The summed E-state index contributed by atoms with van der Waals surface area (Å²) in [6, 6.07) is 8.66. The number of benzene rings is 1. The summed E-state index contributed by atoms with van der Waals surface area (Å²) in [5.74, 6) is 1.10. The molecular weight excluding hydrogens is 260 g/mol. The number of nitrogens with two attached hydrogens (primary N) is 1. The van der Waals surface area contributed by atoms with Crippen LogP contribution in [0.25, 0.3) is 0 Å². The molecule has 1 saturated heterocycles. The van der Waals surface area contributed by atoms with Gasteiger partial charge in [-0.2, -0.15) is 0 Å². The van der Waals surface area contributed by atoms with Crippen LogP contribution in [0.3, 0.4) is 0 Å². The Morgan fingerprint density at radius 3 is 2.67 bits per heavy atom. The average molecular weight is 288 g/mol. The summed E-state index contributed by atoms with van der Waals surface area (Å²) in [6.07, 6.45) is 2.62. The predicted molar refractivity (Wildman–Crippen MR) is 90.7 cm³/mol. The van der Waals surface area contributed by atoms with E-state index in [1.807, 2.05) is 12.1 Å². The Morgan fingerprint density at radius 1 is 1.33 bits per heavy atom. The van der Waals surface area contributed by atoms with Crippen molar-refractivity contribution in [1.29, 1.82) is 0 Å². The van der Waals surface area contributed by atoms with Gasteiger partial charge in [-0.05, 0) is 56.5 Å². The monoisotopic (exact) mass is 288 g/mol. The highest BCUT2D eigenvalue weighted by Crippen LogP contribution is 2.18. The van der Waals surface area contributed by atoms with Gasteiger partial charge in [0.2, 0.25) is 0 Å². The number of hydrogen-bond acceptors (Lipinski definition) is 2. The Kier molecular flexibility index (Phi) is 5.62. The van der Waals surface area contributed by atoms with E-state index in [1.165, 1.54) is 31.5 Å². The number of likely N-dealkylation sites (tertiary alicyclic amines) is 1. The van der Waals surface area contributed by atoms with Crippen molar-refractivity contribution >= 4 is 11.6 Å². The van der Waals surface area contributed by atoms with Crippen molar-refractivity contribution in [1.82, 2.24) is 4.90 Å². The fourth-order valence-corrected chi connectivity index (χ4v) is 2.92. The van der Waals surface area contributed by atoms with E-state index in [9.17, 15) is 0 Å². The third kappa shape index (κ3) is 4.74. The standard InChI is InChI=1S/C17H28N4/c1-13(2)16(21-9-4-5-10-21)12-19-17(18)20-15-8-6-7-14(3)11-15/h6-8,11,13,16H,4-5,9-10,12H2,1-3H3,(H3,18,19,20). The third-order valence-electron chi connectivity index (χ3n) is 4.12. The van der Waals surface area contributed by atoms with Crippen LogP contribution in [0, 0.1) is 12.8 Å². The molecule has 1 aromatic carbocycles. The Labute approximate surface area is 128 Å². The van der Waals surface area contributed by atoms with Crippen molar-refractivity contribution in [2.45, 2.75) is 39.7 Å². The highest BCUT2D eigenvalue weighted by Gasteiger charge is 2.24. The van der Waals surface area contributed by atoms with Crippen molar-refractivity contribution in [3.05, 3.63) is 29.8 Å². The van der Waals surface area contributed by atoms with E-state index in [1.54, 1.807) is 0 Å². The summed E-state index contributed by atoms with van der Waals surface area (Å²) in [5.41, 5.74) is 8.23. The Balaban J connectivity index is 1.94. The molecule has 0 spiro atoms. The van der Waals surface area contributed by atoms with Gasteiger partial charge in [-0.15, -0.1) is 0 Å². The van der Waals surface area contributed by atoms with Crippen molar-refractivity contribution in [2.75, 3.05) is 25.0 Å². The van der Waals surface area contributed by atoms with E-state index in [0.29, 0.717) is 17.9 Å². The molecule has 0 amide bonds. The molecule has 0 radical (unpaired) electrons. The molecule has 0 saturated carbocycles. The van der Waals surface area contributed by atoms with Gasteiger partial charge in [-0.25, -0.2) is 0 Å². The fourth-order valence-electron chi connectivity index (χ4n) is 2.92. The number of anilines is 1. The van der Waals surface area contributed by atoms with Gasteiger partial charge < -0.3 is 11.1 Å². The average Bonchev–Trinajstić information content (AvgIpc) is 2.92. The molecule has 0 aliphatic carbocycles. The molecular formula is C17H28N4. The van der Waals surface area contributed by atoms with E-state index >= 15 is 0 Å². The number of aliphatic imine (C=N–C) groups is 1. The Hall–Kier alpha value is -1.55. The van der Waals surface area contributed by atoms with E-state index in [-0.39, 0.29) is 0 Å². The molecule has 0 bridgehead atoms. The fraction of sp³-hybridized carbons (Fsp3) is 0.588. The number of rotatable bonds is 5. The molecule has 4 nitrogen and oxygen atoms in total. The van der Waals surface area contributed by atoms with Gasteiger partial charge >= 0.3 is 0 Å². The minimum atomic E-state index is 0.491. The second kappa shape index (κ2) is 7.46. The summed E-state index contributed by atoms with van der Waals surface area (Å²) < 4.78 is 0. The summed E-state index contributed by atoms with van der Waals surface area (Å²) in [6.45, 7) is 9.77. The maximum Gasteiger partial charge on any atom is 0.193 e. The zero-order valence-electron chi connectivity index (χ0n) is 13.5. The number of guanidine groups is 1. The lowest BCUT2D eigenvalue weighted by Crippen LogP contribution is -2.40. The van der Waals surface area contributed by atoms with Crippen LogP contribution in [0.5, 0.6) is 0 Å². The molecule has 1 unspecified atom stereocenters. The van der Waals surface area contributed by atoms with E-state index in [0.717, 1.165) is 12.2 Å². The molecule has 1 heterocycles. The zero-order valence-corrected chi connectivity index (χ0v) is 13.5. The second-order valence-corrected chi connectivity index (χ2v) is 6.27. The first kappa shape index (κ1) is 15.8. The smallest absolute Gasteiger partial charge is 0.193 e. The van der Waals surface area contributed by atoms with Gasteiger partial charge in [0.05, 0.1) is 6.54 Å². The zero-order chi connectivity index (χ0) is 15.2. The van der Waals surface area contributed by atoms with Gasteiger partial charge in [-0.3, -0.25) is 9.89 Å². The van der Waals surface area contributed by atoms with Crippen molar-refractivity contribution < 1.29 is 0 Å². The van der Waals surface area contributed by atoms with E-state index in [4.69, 9.17) is 5.73 Å². The molecule has 1 aliphatic heterocycles. The summed E-state index contributed by atoms with van der Waals surface area (Å²) >= 11 is 0. The molecule has 4 heteroatoms. The Bertz CT molecular complexity index is 475. The number of nitrogens with zero attached hydrogens (tertiary/aromatic N) is 2. The molecule has 3 N–H and O–H groups in total. The van der Waals surface area contributed by atoms with Crippen LogP contribution in [0.15, 0.2) is 29.3 Å². The van der Waals surface area contributed by atoms with Gasteiger partial charge in [0.15, 0.2) is 5.96 Å². The predicted octanol–water partition coefficient (Wildman–Crippen LogP) is 2.84. The van der Waals surface area contributed by atoms with Crippen LogP contribution < -0.4 is 11.1 Å². The van der Waals surface area contributed by atoms with Crippen molar-refractivity contribution in [3.8, 4) is 0 Å². The topological polar surface area (TPSA) is 53.6 Å². The van der Waals surface area contributed by atoms with Crippen LogP contribution in [0.4, 0.5) is 5.69 Å². The van der Waals surface area contributed by atoms with Crippen molar-refractivity contribution in [2.24, 2.45) is 16.6 Å². The summed E-state index contributed by atoms with van der Waals surface area (Å²) in [7, 11) is 0. The number of nitrogens with one attached hydrogen (secondary N) is 1. The first-order valence-corrected chi connectivity index (χ1v) is 7.94. The Morgan fingerprint density at radius 2 is 2.05 bits per heavy atom. The quantitative estimate of drug-likeness (QED) is 0.647.